The maximum absolute atomic E-state index is 5.45. The Bertz CT molecular complexity index is 318. The van der Waals surface area contributed by atoms with Gasteiger partial charge in [0.1, 0.15) is 5.75 Å². The van der Waals surface area contributed by atoms with Crippen LogP contribution >= 0.6 is 0 Å². The van der Waals surface area contributed by atoms with E-state index in [1.54, 1.807) is 0 Å². The molecule has 0 spiro atoms. The number of hydrogen-bond donors (Lipinski definition) is 1. The average Bonchev–Trinajstić information content (AvgIpc) is 2.35. The summed E-state index contributed by atoms with van der Waals surface area (Å²) in [5.41, 5.74) is 1.32. The molecule has 0 amide bonds. The Balaban J connectivity index is 2.34. The van der Waals surface area contributed by atoms with Crippen LogP contribution in [0.25, 0.3) is 0 Å². The first-order chi connectivity index (χ1) is 8.63. The van der Waals surface area contributed by atoms with Crippen molar-refractivity contribution < 1.29 is 4.74 Å². The Morgan fingerprint density at radius 3 is 2.33 bits per heavy atom. The maximum atomic E-state index is 5.45. The SMILES string of the molecule is CCOc1ccc(C(C)NCCCC(C)C)cc1. The van der Waals surface area contributed by atoms with Crippen LogP contribution in [0.1, 0.15) is 52.1 Å². The van der Waals surface area contributed by atoms with Crippen LogP contribution in [0.2, 0.25) is 0 Å². The van der Waals surface area contributed by atoms with Crippen LogP contribution in [-0.2, 0) is 0 Å². The molecular weight excluding hydrogens is 222 g/mol. The Hall–Kier alpha value is -1.02. The molecule has 1 aromatic rings. The minimum Gasteiger partial charge on any atom is -0.494 e. The summed E-state index contributed by atoms with van der Waals surface area (Å²) in [4.78, 5) is 0. The molecule has 0 aromatic heterocycles. The van der Waals surface area contributed by atoms with E-state index in [-0.39, 0.29) is 0 Å². The maximum Gasteiger partial charge on any atom is 0.119 e. The van der Waals surface area contributed by atoms with Crippen molar-refractivity contribution in [3.8, 4) is 5.75 Å². The molecule has 0 heterocycles. The fourth-order valence-corrected chi connectivity index (χ4v) is 1.97. The predicted octanol–water partition coefficient (Wildman–Crippen LogP) is 4.17. The van der Waals surface area contributed by atoms with Gasteiger partial charge >= 0.3 is 0 Å². The molecule has 0 aliphatic heterocycles. The van der Waals surface area contributed by atoms with Gasteiger partial charge in [-0.2, -0.15) is 0 Å². The van der Waals surface area contributed by atoms with Gasteiger partial charge in [-0.1, -0.05) is 26.0 Å². The Labute approximate surface area is 112 Å². The zero-order chi connectivity index (χ0) is 13.4. The fourth-order valence-electron chi connectivity index (χ4n) is 1.97. The Morgan fingerprint density at radius 2 is 1.78 bits per heavy atom. The zero-order valence-corrected chi connectivity index (χ0v) is 12.2. The minimum absolute atomic E-state index is 0.410. The molecule has 1 aromatic carbocycles. The summed E-state index contributed by atoms with van der Waals surface area (Å²) in [6.45, 7) is 10.6. The normalized spacial score (nSPS) is 12.7. The molecule has 0 aliphatic rings. The van der Waals surface area contributed by atoms with Crippen LogP contribution in [0.5, 0.6) is 5.75 Å². The lowest BCUT2D eigenvalue weighted by Crippen LogP contribution is -2.20. The highest BCUT2D eigenvalue weighted by Crippen LogP contribution is 2.17. The summed E-state index contributed by atoms with van der Waals surface area (Å²) >= 11 is 0. The number of ether oxygens (including phenoxy) is 1. The molecule has 0 saturated heterocycles. The van der Waals surface area contributed by atoms with Crippen molar-refractivity contribution in [2.45, 2.75) is 46.6 Å². The number of benzene rings is 1. The van der Waals surface area contributed by atoms with Gasteiger partial charge in [0.25, 0.3) is 0 Å². The third-order valence-electron chi connectivity index (χ3n) is 3.10. The van der Waals surface area contributed by atoms with E-state index in [0.717, 1.165) is 24.8 Å². The smallest absolute Gasteiger partial charge is 0.119 e. The third kappa shape index (κ3) is 5.54. The van der Waals surface area contributed by atoms with E-state index < -0.39 is 0 Å². The predicted molar refractivity (Wildman–Crippen MR) is 78.1 cm³/mol. The summed E-state index contributed by atoms with van der Waals surface area (Å²) in [5, 5.41) is 3.56. The molecule has 0 radical (unpaired) electrons. The lowest BCUT2D eigenvalue weighted by Gasteiger charge is -2.15. The van der Waals surface area contributed by atoms with Crippen molar-refractivity contribution in [2.24, 2.45) is 5.92 Å². The number of hydrogen-bond acceptors (Lipinski definition) is 2. The quantitative estimate of drug-likeness (QED) is 0.698. The van der Waals surface area contributed by atoms with E-state index >= 15 is 0 Å². The first-order valence-corrected chi connectivity index (χ1v) is 7.09. The molecule has 1 rings (SSSR count). The minimum atomic E-state index is 0.410. The molecule has 1 atom stereocenters. The van der Waals surface area contributed by atoms with Gasteiger partial charge in [-0.05, 0) is 56.8 Å². The molecule has 2 heteroatoms. The van der Waals surface area contributed by atoms with Crippen LogP contribution in [0.3, 0.4) is 0 Å². The van der Waals surface area contributed by atoms with E-state index in [0.29, 0.717) is 6.04 Å². The number of rotatable bonds is 8. The highest BCUT2D eigenvalue weighted by atomic mass is 16.5. The highest BCUT2D eigenvalue weighted by Gasteiger charge is 2.04. The molecule has 0 bridgehead atoms. The van der Waals surface area contributed by atoms with Gasteiger partial charge < -0.3 is 10.1 Å². The monoisotopic (exact) mass is 249 g/mol. The molecule has 18 heavy (non-hydrogen) atoms. The van der Waals surface area contributed by atoms with Crippen molar-refractivity contribution in [3.05, 3.63) is 29.8 Å². The van der Waals surface area contributed by atoms with Gasteiger partial charge in [0.2, 0.25) is 0 Å². The van der Waals surface area contributed by atoms with E-state index in [9.17, 15) is 0 Å². The van der Waals surface area contributed by atoms with Gasteiger partial charge in [-0.3, -0.25) is 0 Å². The van der Waals surface area contributed by atoms with Crippen LogP contribution in [-0.4, -0.2) is 13.2 Å². The first-order valence-electron chi connectivity index (χ1n) is 7.09. The van der Waals surface area contributed by atoms with Gasteiger partial charge in [-0.15, -0.1) is 0 Å². The van der Waals surface area contributed by atoms with Crippen molar-refractivity contribution >= 4 is 0 Å². The lowest BCUT2D eigenvalue weighted by molar-refractivity contribution is 0.340. The second-order valence-corrected chi connectivity index (χ2v) is 5.21. The lowest BCUT2D eigenvalue weighted by atomic mass is 10.1. The molecule has 2 nitrogen and oxygen atoms in total. The van der Waals surface area contributed by atoms with Gasteiger partial charge in [0, 0.05) is 6.04 Å². The average molecular weight is 249 g/mol. The topological polar surface area (TPSA) is 21.3 Å². The molecular formula is C16H27NO. The van der Waals surface area contributed by atoms with Crippen molar-refractivity contribution in [1.82, 2.24) is 5.32 Å². The van der Waals surface area contributed by atoms with Crippen LogP contribution < -0.4 is 10.1 Å². The molecule has 102 valence electrons. The molecule has 0 saturated carbocycles. The summed E-state index contributed by atoms with van der Waals surface area (Å²) in [5.74, 6) is 1.75. The van der Waals surface area contributed by atoms with Gasteiger partial charge in [0.15, 0.2) is 0 Å². The van der Waals surface area contributed by atoms with Gasteiger partial charge in [0.05, 0.1) is 6.61 Å². The van der Waals surface area contributed by atoms with Crippen LogP contribution in [0.4, 0.5) is 0 Å². The summed E-state index contributed by atoms with van der Waals surface area (Å²) in [7, 11) is 0. The van der Waals surface area contributed by atoms with E-state index in [4.69, 9.17) is 4.74 Å². The third-order valence-corrected chi connectivity index (χ3v) is 3.10. The second kappa shape index (κ2) is 8.15. The summed E-state index contributed by atoms with van der Waals surface area (Å²) in [6, 6.07) is 8.79. The zero-order valence-electron chi connectivity index (χ0n) is 12.2. The van der Waals surface area contributed by atoms with Crippen molar-refractivity contribution in [1.29, 1.82) is 0 Å². The summed E-state index contributed by atoms with van der Waals surface area (Å²) < 4.78 is 5.45. The largest absolute Gasteiger partial charge is 0.494 e. The highest BCUT2D eigenvalue weighted by molar-refractivity contribution is 5.28. The van der Waals surface area contributed by atoms with E-state index in [1.165, 1.54) is 18.4 Å². The number of nitrogens with one attached hydrogen (secondary N) is 1. The summed E-state index contributed by atoms with van der Waals surface area (Å²) in [6.07, 6.45) is 2.54. The molecule has 1 N–H and O–H groups in total. The van der Waals surface area contributed by atoms with E-state index in [1.807, 2.05) is 19.1 Å². The van der Waals surface area contributed by atoms with Crippen LogP contribution in [0.15, 0.2) is 24.3 Å². The molecule has 1 unspecified atom stereocenters. The fraction of sp³-hybridized carbons (Fsp3) is 0.625. The Kier molecular flexibility index (Phi) is 6.81. The Morgan fingerprint density at radius 1 is 1.11 bits per heavy atom. The molecule has 0 aliphatic carbocycles. The standard InChI is InChI=1S/C16H27NO/c1-5-18-16-10-8-15(9-11-16)14(4)17-12-6-7-13(2)3/h8-11,13-14,17H,5-7,12H2,1-4H3. The van der Waals surface area contributed by atoms with Crippen molar-refractivity contribution in [2.75, 3.05) is 13.2 Å². The van der Waals surface area contributed by atoms with Crippen molar-refractivity contribution in [3.63, 3.8) is 0 Å². The second-order valence-electron chi connectivity index (χ2n) is 5.21. The first kappa shape index (κ1) is 15.0. The molecule has 0 fully saturated rings. The van der Waals surface area contributed by atoms with Crippen LogP contribution in [0, 0.1) is 5.92 Å². The van der Waals surface area contributed by atoms with Gasteiger partial charge in [-0.25, -0.2) is 0 Å². The van der Waals surface area contributed by atoms with E-state index in [2.05, 4.69) is 38.2 Å².